The number of aromatic carboxylic acids is 1. The van der Waals surface area contributed by atoms with E-state index < -0.39 is 17.6 Å². The highest BCUT2D eigenvalue weighted by atomic mass is 19.1. The monoisotopic (exact) mass is 264 g/mol. The highest BCUT2D eigenvalue weighted by molar-refractivity contribution is 5.90. The first-order chi connectivity index (χ1) is 8.99. The van der Waals surface area contributed by atoms with Gasteiger partial charge in [0.25, 0.3) is 0 Å². The van der Waals surface area contributed by atoms with E-state index in [1.807, 2.05) is 0 Å². The molecule has 2 rings (SSSR count). The molecule has 0 saturated carbocycles. The van der Waals surface area contributed by atoms with Gasteiger partial charge in [0.05, 0.1) is 16.9 Å². The van der Waals surface area contributed by atoms with Crippen LogP contribution in [0.3, 0.4) is 0 Å². The Labute approximate surface area is 107 Å². The van der Waals surface area contributed by atoms with Crippen molar-refractivity contribution in [2.24, 2.45) is 0 Å². The molecule has 0 amide bonds. The van der Waals surface area contributed by atoms with Crippen molar-refractivity contribution in [3.63, 3.8) is 0 Å². The Bertz CT molecular complexity index is 624. The Balaban J connectivity index is 2.36. The van der Waals surface area contributed by atoms with Crippen LogP contribution in [0.5, 0.6) is 0 Å². The molecular weight excluding hydrogens is 254 g/mol. The molecule has 2 aromatic carbocycles. The van der Waals surface area contributed by atoms with E-state index >= 15 is 0 Å². The molecule has 0 aliphatic rings. The van der Waals surface area contributed by atoms with Crippen molar-refractivity contribution in [2.75, 3.05) is 11.1 Å². The summed E-state index contributed by atoms with van der Waals surface area (Å²) in [5.41, 5.74) is 5.61. The predicted octanol–water partition coefficient (Wildman–Crippen LogP) is 2.99. The van der Waals surface area contributed by atoms with Crippen molar-refractivity contribution in [1.29, 1.82) is 0 Å². The molecule has 6 heteroatoms. The molecule has 98 valence electrons. The number of carbonyl (C=O) groups is 1. The first-order valence-electron chi connectivity index (χ1n) is 5.33. The number of nitrogen functional groups attached to an aromatic ring is 1. The molecule has 0 atom stereocenters. The number of anilines is 3. The van der Waals surface area contributed by atoms with Gasteiger partial charge in [0.15, 0.2) is 0 Å². The standard InChI is InChI=1S/C13H10F2N2O2/c14-8-2-1-3-9(15)12(8)17-11-5-4-7(13(18)19)6-10(11)16/h1-6,17H,16H2,(H,18,19). The number of para-hydroxylation sites is 1. The molecule has 0 unspecified atom stereocenters. The van der Waals surface area contributed by atoms with Crippen LogP contribution in [0.4, 0.5) is 25.8 Å². The van der Waals surface area contributed by atoms with Gasteiger partial charge >= 0.3 is 5.97 Å². The Morgan fingerprint density at radius 3 is 2.32 bits per heavy atom. The second-order valence-corrected chi connectivity index (χ2v) is 3.83. The molecule has 0 heterocycles. The van der Waals surface area contributed by atoms with E-state index in [1.54, 1.807) is 0 Å². The highest BCUT2D eigenvalue weighted by Gasteiger charge is 2.11. The number of carboxylic acids is 1. The fourth-order valence-corrected chi connectivity index (χ4v) is 1.56. The van der Waals surface area contributed by atoms with Crippen molar-refractivity contribution in [3.05, 3.63) is 53.6 Å². The summed E-state index contributed by atoms with van der Waals surface area (Å²) < 4.78 is 26.9. The van der Waals surface area contributed by atoms with Crippen molar-refractivity contribution < 1.29 is 18.7 Å². The molecule has 19 heavy (non-hydrogen) atoms. The Kier molecular flexibility index (Phi) is 3.33. The molecule has 0 bridgehead atoms. The minimum absolute atomic E-state index is 0.00273. The third-order valence-corrected chi connectivity index (χ3v) is 2.52. The van der Waals surface area contributed by atoms with Crippen LogP contribution < -0.4 is 11.1 Å². The highest BCUT2D eigenvalue weighted by Crippen LogP contribution is 2.27. The summed E-state index contributed by atoms with van der Waals surface area (Å²) in [6.45, 7) is 0. The minimum Gasteiger partial charge on any atom is -0.478 e. The zero-order valence-electron chi connectivity index (χ0n) is 9.65. The third-order valence-electron chi connectivity index (χ3n) is 2.52. The number of nitrogens with two attached hydrogens (primary N) is 1. The summed E-state index contributed by atoms with van der Waals surface area (Å²) in [4.78, 5) is 10.7. The summed E-state index contributed by atoms with van der Waals surface area (Å²) >= 11 is 0. The van der Waals surface area contributed by atoms with E-state index in [1.165, 1.54) is 24.3 Å². The summed E-state index contributed by atoms with van der Waals surface area (Å²) in [5, 5.41) is 11.3. The number of carboxylic acid groups (broad SMARTS) is 1. The van der Waals surface area contributed by atoms with Gasteiger partial charge < -0.3 is 16.2 Å². The second kappa shape index (κ2) is 4.93. The van der Waals surface area contributed by atoms with Crippen LogP contribution in [0.1, 0.15) is 10.4 Å². The lowest BCUT2D eigenvalue weighted by Crippen LogP contribution is -2.03. The maximum absolute atomic E-state index is 13.4. The summed E-state index contributed by atoms with van der Waals surface area (Å²) in [5.74, 6) is -2.65. The lowest BCUT2D eigenvalue weighted by Gasteiger charge is -2.11. The topological polar surface area (TPSA) is 75.4 Å². The Morgan fingerprint density at radius 1 is 1.16 bits per heavy atom. The van der Waals surface area contributed by atoms with Gasteiger partial charge in [-0.2, -0.15) is 0 Å². The van der Waals surface area contributed by atoms with Gasteiger partial charge in [-0.25, -0.2) is 13.6 Å². The van der Waals surface area contributed by atoms with E-state index in [0.717, 1.165) is 12.1 Å². The smallest absolute Gasteiger partial charge is 0.335 e. The predicted molar refractivity (Wildman–Crippen MR) is 67.5 cm³/mol. The molecule has 0 aliphatic heterocycles. The normalized spacial score (nSPS) is 10.2. The molecule has 0 aromatic heterocycles. The van der Waals surface area contributed by atoms with Crippen LogP contribution in [0.25, 0.3) is 0 Å². The first-order valence-corrected chi connectivity index (χ1v) is 5.33. The Hall–Kier alpha value is -2.63. The summed E-state index contributed by atoms with van der Waals surface area (Å²) in [7, 11) is 0. The van der Waals surface area contributed by atoms with Crippen molar-refractivity contribution >= 4 is 23.0 Å². The van der Waals surface area contributed by atoms with Crippen molar-refractivity contribution in [3.8, 4) is 0 Å². The van der Waals surface area contributed by atoms with E-state index in [4.69, 9.17) is 10.8 Å². The number of halogens is 2. The maximum Gasteiger partial charge on any atom is 0.335 e. The fourth-order valence-electron chi connectivity index (χ4n) is 1.56. The lowest BCUT2D eigenvalue weighted by atomic mass is 10.1. The van der Waals surface area contributed by atoms with Crippen molar-refractivity contribution in [1.82, 2.24) is 0 Å². The van der Waals surface area contributed by atoms with Gasteiger partial charge in [0.2, 0.25) is 0 Å². The summed E-state index contributed by atoms with van der Waals surface area (Å²) in [6, 6.07) is 7.31. The lowest BCUT2D eigenvalue weighted by molar-refractivity contribution is 0.0697. The van der Waals surface area contributed by atoms with Gasteiger partial charge in [-0.3, -0.25) is 0 Å². The third kappa shape index (κ3) is 2.62. The van der Waals surface area contributed by atoms with Crippen LogP contribution in [-0.4, -0.2) is 11.1 Å². The average Bonchev–Trinajstić information content (AvgIpc) is 2.35. The molecule has 2 aromatic rings. The van der Waals surface area contributed by atoms with E-state index in [2.05, 4.69) is 5.32 Å². The Morgan fingerprint density at radius 2 is 1.79 bits per heavy atom. The molecule has 0 radical (unpaired) electrons. The van der Waals surface area contributed by atoms with Crippen molar-refractivity contribution in [2.45, 2.75) is 0 Å². The molecule has 0 aliphatic carbocycles. The SMILES string of the molecule is Nc1cc(C(=O)O)ccc1Nc1c(F)cccc1F. The van der Waals surface area contributed by atoms with E-state index in [9.17, 15) is 13.6 Å². The molecule has 0 spiro atoms. The zero-order valence-corrected chi connectivity index (χ0v) is 9.65. The minimum atomic E-state index is -1.13. The molecule has 0 saturated heterocycles. The van der Waals surface area contributed by atoms with E-state index in [0.29, 0.717) is 0 Å². The summed E-state index contributed by atoms with van der Waals surface area (Å²) in [6.07, 6.45) is 0. The number of hydrogen-bond acceptors (Lipinski definition) is 3. The molecule has 4 nitrogen and oxygen atoms in total. The molecule has 4 N–H and O–H groups in total. The van der Waals surface area contributed by atoms with Gasteiger partial charge in [0.1, 0.15) is 17.3 Å². The molecular formula is C13H10F2N2O2. The van der Waals surface area contributed by atoms with Gasteiger partial charge in [-0.1, -0.05) is 6.07 Å². The van der Waals surface area contributed by atoms with Crippen LogP contribution in [0.2, 0.25) is 0 Å². The maximum atomic E-state index is 13.4. The second-order valence-electron chi connectivity index (χ2n) is 3.83. The molecule has 0 fully saturated rings. The number of benzene rings is 2. The van der Waals surface area contributed by atoms with E-state index in [-0.39, 0.29) is 22.6 Å². The largest absolute Gasteiger partial charge is 0.478 e. The average molecular weight is 264 g/mol. The van der Waals surface area contributed by atoms with Crippen LogP contribution >= 0.6 is 0 Å². The quantitative estimate of drug-likeness (QED) is 0.745. The van der Waals surface area contributed by atoms with Gasteiger partial charge in [-0.05, 0) is 30.3 Å². The van der Waals surface area contributed by atoms with Gasteiger partial charge in [-0.15, -0.1) is 0 Å². The van der Waals surface area contributed by atoms with Gasteiger partial charge in [0, 0.05) is 0 Å². The number of rotatable bonds is 3. The fraction of sp³-hybridized carbons (Fsp3) is 0. The first kappa shape index (κ1) is 12.8. The zero-order chi connectivity index (χ0) is 14.0. The number of nitrogens with one attached hydrogen (secondary N) is 1. The van der Waals surface area contributed by atoms with Crippen LogP contribution in [0, 0.1) is 11.6 Å². The van der Waals surface area contributed by atoms with Crippen LogP contribution in [-0.2, 0) is 0 Å². The number of hydrogen-bond donors (Lipinski definition) is 3. The van der Waals surface area contributed by atoms with Crippen LogP contribution in [0.15, 0.2) is 36.4 Å².